The predicted octanol–water partition coefficient (Wildman–Crippen LogP) is 3.18. The van der Waals surface area contributed by atoms with E-state index in [0.717, 1.165) is 11.1 Å². The van der Waals surface area contributed by atoms with E-state index in [2.05, 4.69) is 5.32 Å². The lowest BCUT2D eigenvalue weighted by Gasteiger charge is -2.07. The summed E-state index contributed by atoms with van der Waals surface area (Å²) in [5.41, 5.74) is 3.91. The molecule has 0 fully saturated rings. The van der Waals surface area contributed by atoms with E-state index < -0.39 is 5.97 Å². The molecule has 2 rings (SSSR count). The van der Waals surface area contributed by atoms with Gasteiger partial charge in [0.25, 0.3) is 0 Å². The van der Waals surface area contributed by atoms with Gasteiger partial charge in [0.15, 0.2) is 0 Å². The summed E-state index contributed by atoms with van der Waals surface area (Å²) in [6, 6.07) is 12.1. The van der Waals surface area contributed by atoms with Crippen molar-refractivity contribution >= 4 is 17.6 Å². The van der Waals surface area contributed by atoms with Crippen LogP contribution in [0, 0.1) is 13.8 Å². The van der Waals surface area contributed by atoms with Crippen molar-refractivity contribution in [1.82, 2.24) is 0 Å². The summed E-state index contributed by atoms with van der Waals surface area (Å²) in [6.07, 6.45) is 0.262. The molecule has 0 saturated heterocycles. The predicted molar refractivity (Wildman–Crippen MR) is 81.7 cm³/mol. The fourth-order valence-corrected chi connectivity index (χ4v) is 2.03. The van der Waals surface area contributed by atoms with Crippen LogP contribution in [0.15, 0.2) is 42.5 Å². The van der Waals surface area contributed by atoms with Crippen LogP contribution in [-0.4, -0.2) is 17.0 Å². The number of aryl methyl sites for hydroxylation is 2. The second-order valence-electron chi connectivity index (χ2n) is 5.03. The zero-order valence-corrected chi connectivity index (χ0v) is 12.0. The minimum Gasteiger partial charge on any atom is -0.478 e. The monoisotopic (exact) mass is 283 g/mol. The van der Waals surface area contributed by atoms with Crippen LogP contribution in [0.25, 0.3) is 0 Å². The molecule has 0 heterocycles. The highest BCUT2D eigenvalue weighted by atomic mass is 16.4. The lowest BCUT2D eigenvalue weighted by molar-refractivity contribution is -0.115. The fourth-order valence-electron chi connectivity index (χ4n) is 2.03. The number of carbonyl (C=O) groups is 2. The molecule has 0 saturated carbocycles. The SMILES string of the molecule is Cc1ccc(CC(=O)Nc2cccc(C(=O)O)c2)cc1C. The molecule has 0 aliphatic heterocycles. The standard InChI is InChI=1S/C17H17NO3/c1-11-6-7-13(8-12(11)2)9-16(19)18-15-5-3-4-14(10-15)17(20)21/h3-8,10H,9H2,1-2H3,(H,18,19)(H,20,21). The summed E-state index contributed by atoms with van der Waals surface area (Å²) in [6.45, 7) is 4.03. The first-order valence-corrected chi connectivity index (χ1v) is 6.65. The first-order chi connectivity index (χ1) is 9.95. The number of aromatic carboxylic acids is 1. The fraction of sp³-hybridized carbons (Fsp3) is 0.176. The molecule has 21 heavy (non-hydrogen) atoms. The van der Waals surface area contributed by atoms with Gasteiger partial charge >= 0.3 is 5.97 Å². The van der Waals surface area contributed by atoms with Crippen molar-refractivity contribution in [2.24, 2.45) is 0 Å². The molecule has 2 N–H and O–H groups in total. The summed E-state index contributed by atoms with van der Waals surface area (Å²) in [5.74, 6) is -1.18. The summed E-state index contributed by atoms with van der Waals surface area (Å²) in [5, 5.41) is 11.6. The molecule has 4 heteroatoms. The quantitative estimate of drug-likeness (QED) is 0.905. The number of anilines is 1. The van der Waals surface area contributed by atoms with Gasteiger partial charge in [-0.15, -0.1) is 0 Å². The van der Waals surface area contributed by atoms with Crippen LogP contribution in [0.5, 0.6) is 0 Å². The van der Waals surface area contributed by atoms with Gasteiger partial charge in [-0.1, -0.05) is 24.3 Å². The van der Waals surface area contributed by atoms with Crippen molar-refractivity contribution in [3.63, 3.8) is 0 Å². The van der Waals surface area contributed by atoms with Crippen LogP contribution in [0.2, 0.25) is 0 Å². The number of nitrogens with one attached hydrogen (secondary N) is 1. The summed E-state index contributed by atoms with van der Waals surface area (Å²) in [7, 11) is 0. The lowest BCUT2D eigenvalue weighted by atomic mass is 10.0. The largest absolute Gasteiger partial charge is 0.478 e. The van der Waals surface area contributed by atoms with Gasteiger partial charge < -0.3 is 10.4 Å². The third kappa shape index (κ3) is 3.92. The Morgan fingerprint density at radius 3 is 2.48 bits per heavy atom. The van der Waals surface area contributed by atoms with Crippen molar-refractivity contribution < 1.29 is 14.7 Å². The van der Waals surface area contributed by atoms with Crippen LogP contribution in [0.1, 0.15) is 27.0 Å². The van der Waals surface area contributed by atoms with E-state index in [9.17, 15) is 9.59 Å². The van der Waals surface area contributed by atoms with Crippen molar-refractivity contribution in [3.05, 3.63) is 64.7 Å². The maximum atomic E-state index is 12.0. The molecule has 2 aromatic carbocycles. The number of benzene rings is 2. The van der Waals surface area contributed by atoms with Gasteiger partial charge in [-0.3, -0.25) is 4.79 Å². The van der Waals surface area contributed by atoms with E-state index in [1.54, 1.807) is 12.1 Å². The van der Waals surface area contributed by atoms with Gasteiger partial charge in [-0.2, -0.15) is 0 Å². The molecule has 0 atom stereocenters. The second kappa shape index (κ2) is 6.22. The molecule has 0 bridgehead atoms. The molecule has 0 unspecified atom stereocenters. The normalized spacial score (nSPS) is 10.2. The first-order valence-electron chi connectivity index (χ1n) is 6.65. The Labute approximate surface area is 123 Å². The zero-order chi connectivity index (χ0) is 15.4. The molecule has 1 amide bonds. The van der Waals surface area contributed by atoms with Gasteiger partial charge in [0.05, 0.1) is 12.0 Å². The van der Waals surface area contributed by atoms with Gasteiger partial charge in [-0.25, -0.2) is 4.79 Å². The Morgan fingerprint density at radius 2 is 1.81 bits per heavy atom. The Kier molecular flexibility index (Phi) is 4.38. The molecular weight excluding hydrogens is 266 g/mol. The summed E-state index contributed by atoms with van der Waals surface area (Å²) >= 11 is 0. The molecule has 0 aliphatic rings. The maximum Gasteiger partial charge on any atom is 0.335 e. The molecular formula is C17H17NO3. The van der Waals surface area contributed by atoms with Crippen LogP contribution >= 0.6 is 0 Å². The van der Waals surface area contributed by atoms with Crippen LogP contribution in [0.3, 0.4) is 0 Å². The maximum absolute atomic E-state index is 12.0. The third-order valence-electron chi connectivity index (χ3n) is 3.33. The van der Waals surface area contributed by atoms with E-state index in [0.29, 0.717) is 5.69 Å². The molecule has 0 aromatic heterocycles. The molecule has 4 nitrogen and oxygen atoms in total. The topological polar surface area (TPSA) is 66.4 Å². The highest BCUT2D eigenvalue weighted by Crippen LogP contribution is 2.13. The number of carboxylic acid groups (broad SMARTS) is 1. The lowest BCUT2D eigenvalue weighted by Crippen LogP contribution is -2.15. The molecule has 0 spiro atoms. The van der Waals surface area contributed by atoms with Crippen molar-refractivity contribution in [3.8, 4) is 0 Å². The number of hydrogen-bond donors (Lipinski definition) is 2. The number of rotatable bonds is 4. The van der Waals surface area contributed by atoms with Gasteiger partial charge in [0.1, 0.15) is 0 Å². The van der Waals surface area contributed by atoms with E-state index in [1.165, 1.54) is 17.7 Å². The minimum absolute atomic E-state index is 0.152. The van der Waals surface area contributed by atoms with Crippen LogP contribution < -0.4 is 5.32 Å². The Bertz CT molecular complexity index is 692. The number of carboxylic acids is 1. The van der Waals surface area contributed by atoms with Gasteiger partial charge in [0.2, 0.25) is 5.91 Å². The van der Waals surface area contributed by atoms with E-state index in [1.807, 2.05) is 32.0 Å². The molecule has 0 radical (unpaired) electrons. The van der Waals surface area contributed by atoms with Crippen molar-refractivity contribution in [2.45, 2.75) is 20.3 Å². The second-order valence-corrected chi connectivity index (χ2v) is 5.03. The molecule has 108 valence electrons. The third-order valence-corrected chi connectivity index (χ3v) is 3.33. The minimum atomic E-state index is -1.01. The Hall–Kier alpha value is -2.62. The number of carbonyl (C=O) groups excluding carboxylic acids is 1. The van der Waals surface area contributed by atoms with E-state index >= 15 is 0 Å². The first kappa shape index (κ1) is 14.8. The smallest absolute Gasteiger partial charge is 0.335 e. The van der Waals surface area contributed by atoms with Crippen LogP contribution in [-0.2, 0) is 11.2 Å². The summed E-state index contributed by atoms with van der Waals surface area (Å²) < 4.78 is 0. The molecule has 0 aliphatic carbocycles. The van der Waals surface area contributed by atoms with Gasteiger partial charge in [0, 0.05) is 5.69 Å². The number of amides is 1. The van der Waals surface area contributed by atoms with Crippen molar-refractivity contribution in [2.75, 3.05) is 5.32 Å². The zero-order valence-electron chi connectivity index (χ0n) is 12.0. The highest BCUT2D eigenvalue weighted by Gasteiger charge is 2.07. The Morgan fingerprint density at radius 1 is 1.05 bits per heavy atom. The average Bonchev–Trinajstić information content (AvgIpc) is 2.43. The van der Waals surface area contributed by atoms with Crippen molar-refractivity contribution in [1.29, 1.82) is 0 Å². The highest BCUT2D eigenvalue weighted by molar-refractivity contribution is 5.94. The van der Waals surface area contributed by atoms with E-state index in [4.69, 9.17) is 5.11 Å². The van der Waals surface area contributed by atoms with Gasteiger partial charge in [-0.05, 0) is 48.7 Å². The Balaban J connectivity index is 2.06. The van der Waals surface area contributed by atoms with Crippen LogP contribution in [0.4, 0.5) is 5.69 Å². The number of hydrogen-bond acceptors (Lipinski definition) is 2. The van der Waals surface area contributed by atoms with E-state index in [-0.39, 0.29) is 17.9 Å². The average molecular weight is 283 g/mol. The molecule has 2 aromatic rings. The summed E-state index contributed by atoms with van der Waals surface area (Å²) in [4.78, 5) is 22.9.